The minimum absolute atomic E-state index is 0.617. The highest BCUT2D eigenvalue weighted by Crippen LogP contribution is 2.36. The van der Waals surface area contributed by atoms with E-state index in [0.717, 1.165) is 24.3 Å². The van der Waals surface area contributed by atoms with Crippen LogP contribution in [0.1, 0.15) is 32.3 Å². The maximum absolute atomic E-state index is 3.80. The van der Waals surface area contributed by atoms with Crippen LogP contribution in [0.5, 0.6) is 0 Å². The molecule has 0 amide bonds. The van der Waals surface area contributed by atoms with Crippen LogP contribution < -0.4 is 5.32 Å². The smallest absolute Gasteiger partial charge is 0.0249 e. The fourth-order valence-electron chi connectivity index (χ4n) is 3.56. The zero-order valence-electron chi connectivity index (χ0n) is 12.9. The fraction of sp³-hybridized carbons (Fsp3) is 0.667. The van der Waals surface area contributed by atoms with Crippen molar-refractivity contribution in [1.29, 1.82) is 0 Å². The molecule has 1 aliphatic heterocycles. The largest absolute Gasteiger partial charge is 0.311 e. The molecular formula is C18H28N2. The van der Waals surface area contributed by atoms with E-state index >= 15 is 0 Å². The molecule has 2 heteroatoms. The molecule has 1 aromatic carbocycles. The van der Waals surface area contributed by atoms with Crippen LogP contribution in [0.15, 0.2) is 30.3 Å². The maximum atomic E-state index is 3.80. The Balaban J connectivity index is 1.60. The molecule has 0 aromatic heterocycles. The normalized spacial score (nSPS) is 27.9. The van der Waals surface area contributed by atoms with Crippen molar-refractivity contribution in [3.05, 3.63) is 35.9 Å². The summed E-state index contributed by atoms with van der Waals surface area (Å²) < 4.78 is 0. The fourth-order valence-corrected chi connectivity index (χ4v) is 3.56. The highest BCUT2D eigenvalue weighted by molar-refractivity contribution is 5.16. The third kappa shape index (κ3) is 3.62. The molecule has 1 heterocycles. The quantitative estimate of drug-likeness (QED) is 0.886. The summed E-state index contributed by atoms with van der Waals surface area (Å²) in [5, 5.41) is 3.80. The number of benzene rings is 1. The molecule has 1 N–H and O–H groups in total. The Hall–Kier alpha value is -0.860. The summed E-state index contributed by atoms with van der Waals surface area (Å²) in [6.45, 7) is 8.35. The second-order valence-electron chi connectivity index (χ2n) is 7.05. The average molecular weight is 272 g/mol. The van der Waals surface area contributed by atoms with Gasteiger partial charge in [-0.15, -0.1) is 0 Å². The van der Waals surface area contributed by atoms with Gasteiger partial charge in [0.15, 0.2) is 0 Å². The van der Waals surface area contributed by atoms with E-state index in [1.165, 1.54) is 38.0 Å². The van der Waals surface area contributed by atoms with Crippen molar-refractivity contribution in [2.75, 3.05) is 19.6 Å². The van der Waals surface area contributed by atoms with E-state index in [9.17, 15) is 0 Å². The van der Waals surface area contributed by atoms with E-state index < -0.39 is 0 Å². The van der Waals surface area contributed by atoms with Crippen LogP contribution in [0.4, 0.5) is 0 Å². The summed E-state index contributed by atoms with van der Waals surface area (Å²) in [4.78, 5) is 2.77. The summed E-state index contributed by atoms with van der Waals surface area (Å²) >= 11 is 0. The summed E-state index contributed by atoms with van der Waals surface area (Å²) in [6.07, 6.45) is 4.06. The van der Waals surface area contributed by atoms with Gasteiger partial charge in [0.1, 0.15) is 0 Å². The first-order valence-electron chi connectivity index (χ1n) is 8.23. The van der Waals surface area contributed by atoms with Gasteiger partial charge in [-0.3, -0.25) is 4.90 Å². The zero-order chi connectivity index (χ0) is 13.9. The van der Waals surface area contributed by atoms with Crippen LogP contribution in [-0.4, -0.2) is 36.6 Å². The molecule has 110 valence electrons. The third-order valence-corrected chi connectivity index (χ3v) is 4.63. The molecule has 20 heavy (non-hydrogen) atoms. The second kappa shape index (κ2) is 6.28. The Bertz CT molecular complexity index is 411. The lowest BCUT2D eigenvalue weighted by Gasteiger charge is -2.41. The Morgan fingerprint density at radius 2 is 1.95 bits per heavy atom. The SMILES string of the molecule is CC(C)CN1CC(Cc2ccccc2)NCC1C1CC1. The van der Waals surface area contributed by atoms with Crippen molar-refractivity contribution < 1.29 is 0 Å². The monoisotopic (exact) mass is 272 g/mol. The molecule has 2 aliphatic rings. The average Bonchev–Trinajstić information content (AvgIpc) is 3.24. The molecule has 2 atom stereocenters. The number of nitrogens with one attached hydrogen (secondary N) is 1. The van der Waals surface area contributed by atoms with Crippen LogP contribution in [0.25, 0.3) is 0 Å². The molecule has 2 nitrogen and oxygen atoms in total. The van der Waals surface area contributed by atoms with Crippen LogP contribution in [0.3, 0.4) is 0 Å². The van der Waals surface area contributed by atoms with Gasteiger partial charge in [-0.05, 0) is 36.7 Å². The first kappa shape index (κ1) is 14.1. The van der Waals surface area contributed by atoms with Gasteiger partial charge >= 0.3 is 0 Å². The summed E-state index contributed by atoms with van der Waals surface area (Å²) in [5.74, 6) is 1.74. The van der Waals surface area contributed by atoms with E-state index in [0.29, 0.717) is 6.04 Å². The molecule has 0 bridgehead atoms. The minimum Gasteiger partial charge on any atom is -0.311 e. The molecule has 0 radical (unpaired) electrons. The van der Waals surface area contributed by atoms with Crippen LogP contribution >= 0.6 is 0 Å². The van der Waals surface area contributed by atoms with E-state index in [1.807, 2.05) is 0 Å². The van der Waals surface area contributed by atoms with Crippen molar-refractivity contribution >= 4 is 0 Å². The molecule has 1 saturated carbocycles. The van der Waals surface area contributed by atoms with Crippen LogP contribution in [0.2, 0.25) is 0 Å². The lowest BCUT2D eigenvalue weighted by molar-refractivity contribution is 0.101. The number of hydrogen-bond acceptors (Lipinski definition) is 2. The second-order valence-corrected chi connectivity index (χ2v) is 7.05. The predicted molar refractivity (Wildman–Crippen MR) is 84.9 cm³/mol. The van der Waals surface area contributed by atoms with E-state index in [-0.39, 0.29) is 0 Å². The standard InChI is InChI=1S/C18H28N2/c1-14(2)12-20-13-17(10-15-6-4-3-5-7-15)19-11-18(20)16-8-9-16/h3-7,14,16-19H,8-13H2,1-2H3. The number of hydrogen-bond donors (Lipinski definition) is 1. The highest BCUT2D eigenvalue weighted by Gasteiger charge is 2.38. The van der Waals surface area contributed by atoms with E-state index in [1.54, 1.807) is 0 Å². The van der Waals surface area contributed by atoms with E-state index in [2.05, 4.69) is 54.4 Å². The lowest BCUT2D eigenvalue weighted by atomic mass is 9.98. The molecule has 1 aliphatic carbocycles. The van der Waals surface area contributed by atoms with Gasteiger partial charge in [-0.2, -0.15) is 0 Å². The molecule has 2 unspecified atom stereocenters. The summed E-state index contributed by atoms with van der Waals surface area (Å²) in [7, 11) is 0. The van der Waals surface area contributed by atoms with Gasteiger partial charge < -0.3 is 5.32 Å². The van der Waals surface area contributed by atoms with Gasteiger partial charge in [0.2, 0.25) is 0 Å². The molecule has 3 rings (SSSR count). The minimum atomic E-state index is 0.617. The third-order valence-electron chi connectivity index (χ3n) is 4.63. The Kier molecular flexibility index (Phi) is 4.42. The molecule has 1 aromatic rings. The van der Waals surface area contributed by atoms with Crippen LogP contribution in [-0.2, 0) is 6.42 Å². The molecular weight excluding hydrogens is 244 g/mol. The van der Waals surface area contributed by atoms with Gasteiger partial charge in [0.25, 0.3) is 0 Å². The highest BCUT2D eigenvalue weighted by atomic mass is 15.2. The van der Waals surface area contributed by atoms with E-state index in [4.69, 9.17) is 0 Å². The lowest BCUT2D eigenvalue weighted by Crippen LogP contribution is -2.58. The van der Waals surface area contributed by atoms with Crippen molar-refractivity contribution in [3.63, 3.8) is 0 Å². The zero-order valence-corrected chi connectivity index (χ0v) is 12.9. The first-order chi connectivity index (χ1) is 9.72. The molecule has 2 fully saturated rings. The van der Waals surface area contributed by atoms with Crippen molar-refractivity contribution in [2.45, 2.75) is 45.2 Å². The summed E-state index contributed by atoms with van der Waals surface area (Å²) in [5.41, 5.74) is 1.46. The van der Waals surface area contributed by atoms with Gasteiger partial charge in [0, 0.05) is 31.7 Å². The first-order valence-corrected chi connectivity index (χ1v) is 8.23. The number of piperazine rings is 1. The van der Waals surface area contributed by atoms with Gasteiger partial charge in [0.05, 0.1) is 0 Å². The Morgan fingerprint density at radius 1 is 1.20 bits per heavy atom. The van der Waals surface area contributed by atoms with Crippen molar-refractivity contribution in [1.82, 2.24) is 10.2 Å². The Labute approximate surface area is 123 Å². The Morgan fingerprint density at radius 3 is 2.60 bits per heavy atom. The number of rotatable bonds is 5. The maximum Gasteiger partial charge on any atom is 0.0249 e. The van der Waals surface area contributed by atoms with Crippen LogP contribution in [0, 0.1) is 11.8 Å². The topological polar surface area (TPSA) is 15.3 Å². The van der Waals surface area contributed by atoms with Crippen molar-refractivity contribution in [3.8, 4) is 0 Å². The van der Waals surface area contributed by atoms with Crippen molar-refractivity contribution in [2.24, 2.45) is 11.8 Å². The number of nitrogens with zero attached hydrogens (tertiary/aromatic N) is 1. The summed E-state index contributed by atoms with van der Waals surface area (Å²) in [6, 6.07) is 12.3. The molecule has 0 spiro atoms. The van der Waals surface area contributed by atoms with Gasteiger partial charge in [-0.25, -0.2) is 0 Å². The van der Waals surface area contributed by atoms with Gasteiger partial charge in [-0.1, -0.05) is 44.2 Å². The molecule has 1 saturated heterocycles. The predicted octanol–water partition coefficient (Wildman–Crippen LogP) is 2.94.